The molecule has 0 aromatic carbocycles. The Labute approximate surface area is 110 Å². The van der Waals surface area contributed by atoms with Crippen LogP contribution in [0.3, 0.4) is 0 Å². The highest BCUT2D eigenvalue weighted by molar-refractivity contribution is 9.09. The van der Waals surface area contributed by atoms with Gasteiger partial charge < -0.3 is 4.90 Å². The van der Waals surface area contributed by atoms with Crippen molar-refractivity contribution in [3.8, 4) is 0 Å². The molecule has 17 heavy (non-hydrogen) atoms. The summed E-state index contributed by atoms with van der Waals surface area (Å²) < 4.78 is 0. The molecular weight excluding hydrogens is 280 g/mol. The quantitative estimate of drug-likeness (QED) is 0.747. The average Bonchev–Trinajstić information content (AvgIpc) is 2.32. The number of carbonyl (C=O) groups excluding carboxylic acids is 1. The van der Waals surface area contributed by atoms with Crippen LogP contribution in [0.25, 0.3) is 0 Å². The third kappa shape index (κ3) is 2.86. The molecular formula is C13H17BrN2O. The number of piperidine rings is 1. The van der Waals surface area contributed by atoms with Gasteiger partial charge in [-0.05, 0) is 31.4 Å². The van der Waals surface area contributed by atoms with Gasteiger partial charge in [0.05, 0.1) is 0 Å². The van der Waals surface area contributed by atoms with Crippen LogP contribution in [0.5, 0.6) is 0 Å². The smallest absolute Gasteiger partial charge is 0.254 e. The van der Waals surface area contributed by atoms with Gasteiger partial charge in [0.2, 0.25) is 0 Å². The fraction of sp³-hybridized carbons (Fsp3) is 0.538. The van der Waals surface area contributed by atoms with E-state index in [1.165, 1.54) is 0 Å². The highest BCUT2D eigenvalue weighted by atomic mass is 79.9. The maximum atomic E-state index is 12.3. The molecule has 2 heterocycles. The molecule has 0 bridgehead atoms. The second-order valence-electron chi connectivity index (χ2n) is 4.72. The van der Waals surface area contributed by atoms with Gasteiger partial charge >= 0.3 is 0 Å². The molecule has 1 amide bonds. The SMILES string of the molecule is Cc1cc(C(=O)N2CCC(C)C(Br)C2)ccn1. The summed E-state index contributed by atoms with van der Waals surface area (Å²) in [6, 6.07) is 3.64. The van der Waals surface area contributed by atoms with Crippen molar-refractivity contribution in [1.82, 2.24) is 9.88 Å². The molecule has 1 aliphatic heterocycles. The summed E-state index contributed by atoms with van der Waals surface area (Å²) in [5.41, 5.74) is 1.63. The summed E-state index contributed by atoms with van der Waals surface area (Å²) in [6.45, 7) is 5.77. The van der Waals surface area contributed by atoms with Crippen molar-refractivity contribution in [2.45, 2.75) is 25.1 Å². The maximum Gasteiger partial charge on any atom is 0.254 e. The molecule has 0 aliphatic carbocycles. The predicted molar refractivity (Wildman–Crippen MR) is 71.4 cm³/mol. The lowest BCUT2D eigenvalue weighted by atomic mass is 9.98. The van der Waals surface area contributed by atoms with Gasteiger partial charge in [-0.15, -0.1) is 0 Å². The molecule has 0 spiro atoms. The lowest BCUT2D eigenvalue weighted by Gasteiger charge is -2.34. The molecule has 1 fully saturated rings. The first-order valence-corrected chi connectivity index (χ1v) is 6.85. The van der Waals surface area contributed by atoms with Crippen LogP contribution in [0, 0.1) is 12.8 Å². The molecule has 0 saturated carbocycles. The molecule has 0 N–H and O–H groups in total. The second kappa shape index (κ2) is 5.17. The zero-order valence-electron chi connectivity index (χ0n) is 10.2. The molecule has 1 saturated heterocycles. The van der Waals surface area contributed by atoms with Gasteiger partial charge in [0.1, 0.15) is 0 Å². The Morgan fingerprint density at radius 2 is 2.35 bits per heavy atom. The van der Waals surface area contributed by atoms with Crippen LogP contribution in [0.15, 0.2) is 18.3 Å². The number of hydrogen-bond acceptors (Lipinski definition) is 2. The fourth-order valence-corrected chi connectivity index (χ4v) is 2.68. The van der Waals surface area contributed by atoms with Gasteiger partial charge in [0.15, 0.2) is 0 Å². The van der Waals surface area contributed by atoms with Crippen molar-refractivity contribution in [3.63, 3.8) is 0 Å². The van der Waals surface area contributed by atoms with Crippen molar-refractivity contribution in [3.05, 3.63) is 29.6 Å². The minimum Gasteiger partial charge on any atom is -0.338 e. The second-order valence-corrected chi connectivity index (χ2v) is 5.90. The zero-order chi connectivity index (χ0) is 12.4. The number of carbonyl (C=O) groups is 1. The summed E-state index contributed by atoms with van der Waals surface area (Å²) in [7, 11) is 0. The Morgan fingerprint density at radius 3 is 3.00 bits per heavy atom. The lowest BCUT2D eigenvalue weighted by molar-refractivity contribution is 0.0705. The topological polar surface area (TPSA) is 33.2 Å². The predicted octanol–water partition coefficient (Wildman–Crippen LogP) is 2.64. The molecule has 3 nitrogen and oxygen atoms in total. The molecule has 1 aromatic heterocycles. The standard InChI is InChI=1S/C13H17BrN2O/c1-9-4-6-16(8-12(9)14)13(17)11-3-5-15-10(2)7-11/h3,5,7,9,12H,4,6,8H2,1-2H3. The number of aryl methyl sites for hydroxylation is 1. The Hall–Kier alpha value is -0.900. The van der Waals surface area contributed by atoms with Crippen LogP contribution in [-0.4, -0.2) is 33.7 Å². The Kier molecular flexibility index (Phi) is 3.82. The lowest BCUT2D eigenvalue weighted by Crippen LogP contribution is -2.43. The molecule has 2 rings (SSSR count). The summed E-state index contributed by atoms with van der Waals surface area (Å²) in [5.74, 6) is 0.755. The first-order chi connectivity index (χ1) is 8.08. The minimum atomic E-state index is 0.117. The number of hydrogen-bond donors (Lipinski definition) is 0. The first-order valence-electron chi connectivity index (χ1n) is 5.94. The normalized spacial score (nSPS) is 24.8. The summed E-state index contributed by atoms with van der Waals surface area (Å²) >= 11 is 3.64. The van der Waals surface area contributed by atoms with Crippen molar-refractivity contribution in [2.75, 3.05) is 13.1 Å². The number of pyridine rings is 1. The van der Waals surface area contributed by atoms with E-state index in [0.29, 0.717) is 10.7 Å². The van der Waals surface area contributed by atoms with E-state index in [0.717, 1.165) is 30.8 Å². The van der Waals surface area contributed by atoms with E-state index >= 15 is 0 Å². The van der Waals surface area contributed by atoms with Gasteiger partial charge in [-0.3, -0.25) is 9.78 Å². The van der Waals surface area contributed by atoms with Crippen molar-refractivity contribution in [1.29, 1.82) is 0 Å². The number of nitrogens with zero attached hydrogens (tertiary/aromatic N) is 2. The van der Waals surface area contributed by atoms with Gasteiger partial charge in [0.25, 0.3) is 5.91 Å². The van der Waals surface area contributed by atoms with Crippen LogP contribution in [0.2, 0.25) is 0 Å². The maximum absolute atomic E-state index is 12.3. The van der Waals surface area contributed by atoms with Gasteiger partial charge in [0, 0.05) is 35.4 Å². The third-order valence-electron chi connectivity index (χ3n) is 3.30. The highest BCUT2D eigenvalue weighted by Crippen LogP contribution is 2.24. The molecule has 2 atom stereocenters. The van der Waals surface area contributed by atoms with E-state index in [4.69, 9.17) is 0 Å². The fourth-order valence-electron chi connectivity index (χ4n) is 2.07. The zero-order valence-corrected chi connectivity index (χ0v) is 11.8. The van der Waals surface area contributed by atoms with Crippen molar-refractivity contribution >= 4 is 21.8 Å². The van der Waals surface area contributed by atoms with Crippen LogP contribution in [0.4, 0.5) is 0 Å². The number of halogens is 1. The van der Waals surface area contributed by atoms with E-state index in [1.807, 2.05) is 17.9 Å². The molecule has 4 heteroatoms. The van der Waals surface area contributed by atoms with Gasteiger partial charge in [-0.25, -0.2) is 0 Å². The van der Waals surface area contributed by atoms with Crippen LogP contribution in [-0.2, 0) is 0 Å². The Morgan fingerprint density at radius 1 is 1.59 bits per heavy atom. The third-order valence-corrected chi connectivity index (χ3v) is 4.49. The monoisotopic (exact) mass is 296 g/mol. The first kappa shape index (κ1) is 12.6. The summed E-state index contributed by atoms with van der Waals surface area (Å²) in [4.78, 5) is 18.7. The average molecular weight is 297 g/mol. The number of amides is 1. The van der Waals surface area contributed by atoms with E-state index in [1.54, 1.807) is 12.3 Å². The van der Waals surface area contributed by atoms with Crippen LogP contribution < -0.4 is 0 Å². The Balaban J connectivity index is 2.10. The van der Waals surface area contributed by atoms with Gasteiger partial charge in [-0.1, -0.05) is 22.9 Å². The minimum absolute atomic E-state index is 0.117. The van der Waals surface area contributed by atoms with E-state index in [2.05, 4.69) is 27.8 Å². The van der Waals surface area contributed by atoms with Crippen LogP contribution >= 0.6 is 15.9 Å². The number of aromatic nitrogens is 1. The molecule has 1 aliphatic rings. The van der Waals surface area contributed by atoms with Crippen LogP contribution in [0.1, 0.15) is 29.4 Å². The number of alkyl halides is 1. The Bertz CT molecular complexity index is 422. The highest BCUT2D eigenvalue weighted by Gasteiger charge is 2.27. The summed E-state index contributed by atoms with van der Waals surface area (Å²) in [6.07, 6.45) is 2.76. The van der Waals surface area contributed by atoms with E-state index in [9.17, 15) is 4.79 Å². The molecule has 1 aromatic rings. The molecule has 0 radical (unpaired) electrons. The number of likely N-dealkylation sites (tertiary alicyclic amines) is 1. The number of rotatable bonds is 1. The van der Waals surface area contributed by atoms with Crippen molar-refractivity contribution in [2.24, 2.45) is 5.92 Å². The molecule has 92 valence electrons. The van der Waals surface area contributed by atoms with Gasteiger partial charge in [-0.2, -0.15) is 0 Å². The molecule has 2 unspecified atom stereocenters. The largest absolute Gasteiger partial charge is 0.338 e. The van der Waals surface area contributed by atoms with E-state index < -0.39 is 0 Å². The van der Waals surface area contributed by atoms with Crippen molar-refractivity contribution < 1.29 is 4.79 Å². The van der Waals surface area contributed by atoms with E-state index in [-0.39, 0.29) is 5.91 Å². The summed E-state index contributed by atoms with van der Waals surface area (Å²) in [5, 5.41) is 0.